The summed E-state index contributed by atoms with van der Waals surface area (Å²) in [5.74, 6) is 6.62. The van der Waals surface area contributed by atoms with Crippen molar-refractivity contribution in [3.63, 3.8) is 0 Å². The van der Waals surface area contributed by atoms with Gasteiger partial charge < -0.3 is 10.2 Å². The van der Waals surface area contributed by atoms with Crippen molar-refractivity contribution < 1.29 is 10.2 Å². The highest BCUT2D eigenvalue weighted by Gasteiger charge is 2.19. The lowest BCUT2D eigenvalue weighted by molar-refractivity contribution is 0.109. The van der Waals surface area contributed by atoms with Crippen LogP contribution in [0, 0.1) is 23.7 Å². The minimum absolute atomic E-state index is 0.187. The van der Waals surface area contributed by atoms with E-state index in [0.717, 1.165) is 25.7 Å². The second-order valence-electron chi connectivity index (χ2n) is 3.32. The number of rotatable bonds is 2. The maximum absolute atomic E-state index is 9.05. The highest BCUT2D eigenvalue weighted by atomic mass is 16.3. The van der Waals surface area contributed by atoms with E-state index in [9.17, 15) is 0 Å². The maximum atomic E-state index is 9.05. The van der Waals surface area contributed by atoms with E-state index in [1.54, 1.807) is 0 Å². The highest BCUT2D eigenvalue weighted by Crippen LogP contribution is 2.22. The maximum Gasteiger partial charge on any atom is 0.0463 e. The van der Waals surface area contributed by atoms with E-state index < -0.39 is 0 Å². The molecule has 2 unspecified atom stereocenters. The molecule has 1 aliphatic rings. The quantitative estimate of drug-likeness (QED) is 0.598. The molecule has 0 bridgehead atoms. The van der Waals surface area contributed by atoms with Crippen molar-refractivity contribution in [1.29, 1.82) is 0 Å². The van der Waals surface area contributed by atoms with Gasteiger partial charge in [0, 0.05) is 26.1 Å². The third kappa shape index (κ3) is 2.51. The molecule has 0 aromatic carbocycles. The van der Waals surface area contributed by atoms with E-state index in [4.69, 9.17) is 10.2 Å². The summed E-state index contributed by atoms with van der Waals surface area (Å²) in [7, 11) is 0. The van der Waals surface area contributed by atoms with Crippen molar-refractivity contribution in [3.8, 4) is 11.8 Å². The largest absolute Gasteiger partial charge is 0.396 e. The molecule has 0 spiro atoms. The molecule has 2 N–H and O–H groups in total. The predicted octanol–water partition coefficient (Wildman–Crippen LogP) is 0.781. The monoisotopic (exact) mass is 168 g/mol. The van der Waals surface area contributed by atoms with Crippen LogP contribution in [0.25, 0.3) is 0 Å². The molecule has 2 heteroatoms. The third-order valence-corrected chi connectivity index (χ3v) is 2.54. The first-order valence-corrected chi connectivity index (χ1v) is 4.56. The Labute approximate surface area is 73.6 Å². The first-order chi connectivity index (χ1) is 5.88. The van der Waals surface area contributed by atoms with Crippen molar-refractivity contribution in [2.75, 3.05) is 13.2 Å². The average Bonchev–Trinajstić information content (AvgIpc) is 2.05. The molecule has 0 aromatic rings. The van der Waals surface area contributed by atoms with Crippen LogP contribution in [0.3, 0.4) is 0 Å². The normalized spacial score (nSPS) is 29.8. The molecule has 1 rings (SSSR count). The van der Waals surface area contributed by atoms with Gasteiger partial charge in [0.25, 0.3) is 0 Å². The molecule has 68 valence electrons. The lowest BCUT2D eigenvalue weighted by atomic mass is 9.85. The molecule has 2 atom stereocenters. The van der Waals surface area contributed by atoms with E-state index in [1.807, 2.05) is 0 Å². The highest BCUT2D eigenvalue weighted by molar-refractivity contribution is 5.01. The molecule has 2 nitrogen and oxygen atoms in total. The molecule has 0 heterocycles. The van der Waals surface area contributed by atoms with Gasteiger partial charge in [0.05, 0.1) is 0 Å². The third-order valence-electron chi connectivity index (χ3n) is 2.54. The SMILES string of the molecule is OCC1CCC#CCCC1CO. The summed E-state index contributed by atoms with van der Waals surface area (Å²) in [6, 6.07) is 0. The van der Waals surface area contributed by atoms with Gasteiger partial charge in [-0.3, -0.25) is 0 Å². The van der Waals surface area contributed by atoms with Crippen LogP contribution in [0.1, 0.15) is 25.7 Å². The van der Waals surface area contributed by atoms with Gasteiger partial charge in [-0.2, -0.15) is 0 Å². The molecule has 0 radical (unpaired) electrons. The van der Waals surface area contributed by atoms with E-state index >= 15 is 0 Å². The number of hydrogen-bond acceptors (Lipinski definition) is 2. The average molecular weight is 168 g/mol. The first-order valence-electron chi connectivity index (χ1n) is 4.56. The Balaban J connectivity index is 2.51. The number of hydrogen-bond donors (Lipinski definition) is 2. The zero-order valence-corrected chi connectivity index (χ0v) is 7.29. The van der Waals surface area contributed by atoms with Crippen LogP contribution in [0.2, 0.25) is 0 Å². The van der Waals surface area contributed by atoms with Crippen LogP contribution in [0.15, 0.2) is 0 Å². The number of aliphatic hydroxyl groups is 2. The van der Waals surface area contributed by atoms with Crippen molar-refractivity contribution in [2.24, 2.45) is 11.8 Å². The Morgan fingerprint density at radius 3 is 1.67 bits per heavy atom. The Kier molecular flexibility index (Phi) is 4.13. The van der Waals surface area contributed by atoms with Crippen molar-refractivity contribution in [3.05, 3.63) is 0 Å². The van der Waals surface area contributed by atoms with Crippen LogP contribution in [-0.4, -0.2) is 23.4 Å². The second-order valence-corrected chi connectivity index (χ2v) is 3.32. The smallest absolute Gasteiger partial charge is 0.0463 e. The zero-order chi connectivity index (χ0) is 8.81. The molecular formula is C10H16O2. The Morgan fingerprint density at radius 2 is 1.33 bits per heavy atom. The van der Waals surface area contributed by atoms with Gasteiger partial charge >= 0.3 is 0 Å². The van der Waals surface area contributed by atoms with Crippen molar-refractivity contribution in [1.82, 2.24) is 0 Å². The molecule has 1 aliphatic carbocycles. The topological polar surface area (TPSA) is 40.5 Å². The first kappa shape index (κ1) is 9.57. The van der Waals surface area contributed by atoms with Crippen LogP contribution >= 0.6 is 0 Å². The summed E-state index contributed by atoms with van der Waals surface area (Å²) >= 11 is 0. The number of aliphatic hydroxyl groups excluding tert-OH is 2. The molecule has 0 saturated heterocycles. The van der Waals surface area contributed by atoms with Gasteiger partial charge in [-0.15, -0.1) is 11.8 Å². The second kappa shape index (κ2) is 5.18. The lowest BCUT2D eigenvalue weighted by Gasteiger charge is -2.23. The summed E-state index contributed by atoms with van der Waals surface area (Å²) in [5, 5.41) is 18.1. The Bertz CT molecular complexity index is 160. The van der Waals surface area contributed by atoms with Gasteiger partial charge in [0.2, 0.25) is 0 Å². The van der Waals surface area contributed by atoms with Gasteiger partial charge in [-0.1, -0.05) is 0 Å². The van der Waals surface area contributed by atoms with Gasteiger partial charge in [0.15, 0.2) is 0 Å². The van der Waals surface area contributed by atoms with Gasteiger partial charge in [-0.05, 0) is 24.7 Å². The summed E-state index contributed by atoms with van der Waals surface area (Å²) in [5.41, 5.74) is 0. The van der Waals surface area contributed by atoms with Crippen LogP contribution < -0.4 is 0 Å². The minimum atomic E-state index is 0.187. The summed E-state index contributed by atoms with van der Waals surface area (Å²) in [6.07, 6.45) is 3.58. The Hall–Kier alpha value is -0.520. The van der Waals surface area contributed by atoms with Crippen molar-refractivity contribution in [2.45, 2.75) is 25.7 Å². The van der Waals surface area contributed by atoms with Gasteiger partial charge in [-0.25, -0.2) is 0 Å². The molecule has 12 heavy (non-hydrogen) atoms. The van der Waals surface area contributed by atoms with Crippen LogP contribution in [-0.2, 0) is 0 Å². The van der Waals surface area contributed by atoms with Gasteiger partial charge in [0.1, 0.15) is 0 Å². The molecular weight excluding hydrogens is 152 g/mol. The van der Waals surface area contributed by atoms with Crippen LogP contribution in [0.5, 0.6) is 0 Å². The van der Waals surface area contributed by atoms with E-state index in [0.29, 0.717) is 0 Å². The fourth-order valence-electron chi connectivity index (χ4n) is 1.64. The summed E-state index contributed by atoms with van der Waals surface area (Å²) in [6.45, 7) is 0.375. The van der Waals surface area contributed by atoms with E-state index in [1.165, 1.54) is 0 Å². The molecule has 0 saturated carbocycles. The predicted molar refractivity (Wildman–Crippen MR) is 47.4 cm³/mol. The molecule has 0 aromatic heterocycles. The lowest BCUT2D eigenvalue weighted by Crippen LogP contribution is -2.22. The Morgan fingerprint density at radius 1 is 0.917 bits per heavy atom. The zero-order valence-electron chi connectivity index (χ0n) is 7.29. The standard InChI is InChI=1S/C10H16O2/c11-7-9-5-3-1-2-4-6-10(9)8-12/h9-12H,3-8H2. The van der Waals surface area contributed by atoms with Crippen molar-refractivity contribution >= 4 is 0 Å². The molecule has 0 fully saturated rings. The van der Waals surface area contributed by atoms with E-state index in [-0.39, 0.29) is 25.0 Å². The van der Waals surface area contributed by atoms with Crippen LogP contribution in [0.4, 0.5) is 0 Å². The van der Waals surface area contributed by atoms with E-state index in [2.05, 4.69) is 11.8 Å². The molecule has 0 aliphatic heterocycles. The fourth-order valence-corrected chi connectivity index (χ4v) is 1.64. The fraction of sp³-hybridized carbons (Fsp3) is 0.800. The molecule has 0 amide bonds. The minimum Gasteiger partial charge on any atom is -0.396 e. The summed E-state index contributed by atoms with van der Waals surface area (Å²) in [4.78, 5) is 0. The summed E-state index contributed by atoms with van der Waals surface area (Å²) < 4.78 is 0.